The highest BCUT2D eigenvalue weighted by Gasteiger charge is 2.34. The molecule has 5 heteroatoms. The molecule has 108 valence electrons. The van der Waals surface area contributed by atoms with Crippen LogP contribution in [0.1, 0.15) is 46.5 Å². The van der Waals surface area contributed by atoms with Gasteiger partial charge in [0.15, 0.2) is 9.84 Å². The van der Waals surface area contributed by atoms with Gasteiger partial charge < -0.3 is 10.4 Å². The minimum absolute atomic E-state index is 0.0148. The molecule has 1 saturated carbocycles. The first-order valence-electron chi connectivity index (χ1n) is 6.79. The van der Waals surface area contributed by atoms with Crippen molar-refractivity contribution < 1.29 is 13.5 Å². The lowest BCUT2D eigenvalue weighted by Gasteiger charge is -2.35. The standard InChI is InChI=1S/C13H27NO3S/c1-10(2)13(3,15)9-14-11-7-5-6-8-12(11)18(4,16)17/h10-12,14-15H,5-9H2,1-4H3. The zero-order chi connectivity index (χ0) is 14.0. The molecular formula is C13H27NO3S. The van der Waals surface area contributed by atoms with E-state index in [1.54, 1.807) is 6.92 Å². The summed E-state index contributed by atoms with van der Waals surface area (Å²) in [6.45, 7) is 6.18. The first kappa shape index (κ1) is 15.9. The predicted octanol–water partition coefficient (Wildman–Crippen LogP) is 1.34. The molecule has 0 aromatic rings. The minimum Gasteiger partial charge on any atom is -0.389 e. The van der Waals surface area contributed by atoms with Crippen molar-refractivity contribution in [2.75, 3.05) is 12.8 Å². The van der Waals surface area contributed by atoms with Crippen LogP contribution in [0.15, 0.2) is 0 Å². The number of hydrogen-bond donors (Lipinski definition) is 2. The Labute approximate surface area is 111 Å². The lowest BCUT2D eigenvalue weighted by molar-refractivity contribution is 0.0109. The Morgan fingerprint density at radius 3 is 2.39 bits per heavy atom. The van der Waals surface area contributed by atoms with Crippen molar-refractivity contribution in [2.45, 2.75) is 63.3 Å². The molecule has 0 bridgehead atoms. The maximum atomic E-state index is 11.8. The number of rotatable bonds is 5. The summed E-state index contributed by atoms with van der Waals surface area (Å²) in [5.41, 5.74) is -0.792. The van der Waals surface area contributed by atoms with Crippen molar-refractivity contribution in [3.05, 3.63) is 0 Å². The maximum Gasteiger partial charge on any atom is 0.151 e. The molecule has 0 aromatic heterocycles. The second kappa shape index (κ2) is 5.88. The van der Waals surface area contributed by atoms with Crippen LogP contribution in [-0.2, 0) is 9.84 Å². The first-order valence-corrected chi connectivity index (χ1v) is 8.74. The van der Waals surface area contributed by atoms with E-state index in [-0.39, 0.29) is 17.2 Å². The zero-order valence-electron chi connectivity index (χ0n) is 11.9. The Kier molecular flexibility index (Phi) is 5.21. The summed E-state index contributed by atoms with van der Waals surface area (Å²) in [6, 6.07) is -0.0148. The minimum atomic E-state index is -3.01. The molecule has 0 aromatic carbocycles. The molecule has 1 fully saturated rings. The van der Waals surface area contributed by atoms with Crippen LogP contribution in [0.25, 0.3) is 0 Å². The van der Waals surface area contributed by atoms with E-state index in [1.165, 1.54) is 6.26 Å². The average molecular weight is 277 g/mol. The highest BCUT2D eigenvalue weighted by Crippen LogP contribution is 2.25. The molecule has 2 N–H and O–H groups in total. The van der Waals surface area contributed by atoms with Gasteiger partial charge in [-0.3, -0.25) is 0 Å². The molecule has 0 spiro atoms. The Morgan fingerprint density at radius 1 is 1.33 bits per heavy atom. The third-order valence-electron chi connectivity index (χ3n) is 4.22. The van der Waals surface area contributed by atoms with Gasteiger partial charge in [0.2, 0.25) is 0 Å². The monoisotopic (exact) mass is 277 g/mol. The van der Waals surface area contributed by atoms with Gasteiger partial charge in [0.1, 0.15) is 0 Å². The molecular weight excluding hydrogens is 250 g/mol. The van der Waals surface area contributed by atoms with Gasteiger partial charge in [0, 0.05) is 18.8 Å². The molecule has 0 amide bonds. The van der Waals surface area contributed by atoms with E-state index in [0.717, 1.165) is 25.7 Å². The number of sulfone groups is 1. The molecule has 3 atom stereocenters. The summed E-state index contributed by atoms with van der Waals surface area (Å²) in [7, 11) is -3.01. The number of hydrogen-bond acceptors (Lipinski definition) is 4. The Bertz CT molecular complexity index is 362. The van der Waals surface area contributed by atoms with E-state index in [9.17, 15) is 13.5 Å². The summed E-state index contributed by atoms with van der Waals surface area (Å²) < 4.78 is 23.5. The summed E-state index contributed by atoms with van der Waals surface area (Å²) in [4.78, 5) is 0. The molecule has 4 nitrogen and oxygen atoms in total. The lowest BCUT2D eigenvalue weighted by Crippen LogP contribution is -2.52. The van der Waals surface area contributed by atoms with Crippen molar-refractivity contribution >= 4 is 9.84 Å². The molecule has 0 heterocycles. The number of aliphatic hydroxyl groups is 1. The highest BCUT2D eigenvalue weighted by atomic mass is 32.2. The predicted molar refractivity (Wildman–Crippen MR) is 74.4 cm³/mol. The Balaban J connectivity index is 2.64. The van der Waals surface area contributed by atoms with Crippen LogP contribution in [-0.4, -0.2) is 43.2 Å². The molecule has 3 unspecified atom stereocenters. The fraction of sp³-hybridized carbons (Fsp3) is 1.00. The van der Waals surface area contributed by atoms with E-state index in [1.807, 2.05) is 13.8 Å². The maximum absolute atomic E-state index is 11.8. The molecule has 0 saturated heterocycles. The summed E-state index contributed by atoms with van der Waals surface area (Å²) in [5, 5.41) is 13.2. The SMILES string of the molecule is CC(C)C(C)(O)CNC1CCCCC1S(C)(=O)=O. The van der Waals surface area contributed by atoms with Gasteiger partial charge in [-0.15, -0.1) is 0 Å². The summed E-state index contributed by atoms with van der Waals surface area (Å²) in [6.07, 6.45) is 4.98. The zero-order valence-corrected chi connectivity index (χ0v) is 12.8. The van der Waals surface area contributed by atoms with E-state index < -0.39 is 15.4 Å². The van der Waals surface area contributed by atoms with Gasteiger partial charge in [-0.2, -0.15) is 0 Å². The molecule has 1 rings (SSSR count). The molecule has 1 aliphatic carbocycles. The van der Waals surface area contributed by atoms with Crippen LogP contribution in [0.4, 0.5) is 0 Å². The normalized spacial score (nSPS) is 29.2. The van der Waals surface area contributed by atoms with E-state index >= 15 is 0 Å². The fourth-order valence-electron chi connectivity index (χ4n) is 2.38. The van der Waals surface area contributed by atoms with Crippen LogP contribution in [0, 0.1) is 5.92 Å². The van der Waals surface area contributed by atoms with E-state index in [4.69, 9.17) is 0 Å². The molecule has 0 aliphatic heterocycles. The van der Waals surface area contributed by atoms with Crippen molar-refractivity contribution in [1.29, 1.82) is 0 Å². The van der Waals surface area contributed by atoms with Crippen molar-refractivity contribution in [3.8, 4) is 0 Å². The number of nitrogens with one attached hydrogen (secondary N) is 1. The van der Waals surface area contributed by atoms with Crippen LogP contribution < -0.4 is 5.32 Å². The Hall–Kier alpha value is -0.130. The Morgan fingerprint density at radius 2 is 1.89 bits per heavy atom. The van der Waals surface area contributed by atoms with Gasteiger partial charge in [0.25, 0.3) is 0 Å². The van der Waals surface area contributed by atoms with Crippen molar-refractivity contribution in [1.82, 2.24) is 5.32 Å². The summed E-state index contributed by atoms with van der Waals surface area (Å²) in [5.74, 6) is 0.144. The second-order valence-corrected chi connectivity index (χ2v) is 8.42. The van der Waals surface area contributed by atoms with Gasteiger partial charge in [-0.25, -0.2) is 8.42 Å². The van der Waals surface area contributed by atoms with Crippen molar-refractivity contribution in [3.63, 3.8) is 0 Å². The van der Waals surface area contributed by atoms with Gasteiger partial charge in [-0.05, 0) is 25.7 Å². The third kappa shape index (κ3) is 4.21. The topological polar surface area (TPSA) is 66.4 Å². The van der Waals surface area contributed by atoms with Gasteiger partial charge in [0.05, 0.1) is 10.9 Å². The summed E-state index contributed by atoms with van der Waals surface area (Å²) >= 11 is 0. The van der Waals surface area contributed by atoms with E-state index in [0.29, 0.717) is 6.54 Å². The third-order valence-corrected chi connectivity index (χ3v) is 5.88. The molecule has 1 aliphatic rings. The second-order valence-electron chi connectivity index (χ2n) is 6.15. The van der Waals surface area contributed by atoms with Gasteiger partial charge >= 0.3 is 0 Å². The van der Waals surface area contributed by atoms with Crippen LogP contribution in [0.2, 0.25) is 0 Å². The molecule has 0 radical (unpaired) electrons. The fourth-order valence-corrected chi connectivity index (χ4v) is 3.81. The van der Waals surface area contributed by atoms with E-state index in [2.05, 4.69) is 5.32 Å². The molecule has 18 heavy (non-hydrogen) atoms. The largest absolute Gasteiger partial charge is 0.389 e. The average Bonchev–Trinajstić information content (AvgIpc) is 2.25. The van der Waals surface area contributed by atoms with Crippen LogP contribution in [0.3, 0.4) is 0 Å². The van der Waals surface area contributed by atoms with Gasteiger partial charge in [-0.1, -0.05) is 26.7 Å². The van der Waals surface area contributed by atoms with Crippen molar-refractivity contribution in [2.24, 2.45) is 5.92 Å². The lowest BCUT2D eigenvalue weighted by atomic mass is 9.90. The van der Waals surface area contributed by atoms with Crippen LogP contribution in [0.5, 0.6) is 0 Å². The first-order chi connectivity index (χ1) is 8.14. The highest BCUT2D eigenvalue weighted by molar-refractivity contribution is 7.91. The quantitative estimate of drug-likeness (QED) is 0.796. The smallest absolute Gasteiger partial charge is 0.151 e. The van der Waals surface area contributed by atoms with Crippen LogP contribution >= 0.6 is 0 Å².